The second kappa shape index (κ2) is 6.45. The summed E-state index contributed by atoms with van der Waals surface area (Å²) in [5.41, 5.74) is 7.83. The van der Waals surface area contributed by atoms with E-state index in [0.29, 0.717) is 6.61 Å². The van der Waals surface area contributed by atoms with Crippen molar-refractivity contribution in [3.8, 4) is 5.75 Å². The predicted octanol–water partition coefficient (Wildman–Crippen LogP) is 3.24. The van der Waals surface area contributed by atoms with Crippen molar-refractivity contribution in [2.24, 2.45) is 16.3 Å². The first-order chi connectivity index (χ1) is 8.86. The van der Waals surface area contributed by atoms with E-state index in [9.17, 15) is 0 Å². The van der Waals surface area contributed by atoms with E-state index in [1.807, 2.05) is 26.0 Å². The Labute approximate surface area is 115 Å². The van der Waals surface area contributed by atoms with Crippen LogP contribution in [0.5, 0.6) is 5.75 Å². The molecule has 1 rings (SSSR count). The topological polar surface area (TPSA) is 67.8 Å². The van der Waals surface area contributed by atoms with Crippen LogP contribution in [0.4, 0.5) is 0 Å². The smallest absolute Gasteiger partial charge is 0.144 e. The highest BCUT2D eigenvalue weighted by atomic mass is 16.5. The Kier molecular flexibility index (Phi) is 5.21. The number of benzene rings is 1. The van der Waals surface area contributed by atoms with Gasteiger partial charge in [-0.05, 0) is 49.9 Å². The first-order valence-corrected chi connectivity index (χ1v) is 6.55. The van der Waals surface area contributed by atoms with Crippen molar-refractivity contribution in [1.82, 2.24) is 0 Å². The fourth-order valence-electron chi connectivity index (χ4n) is 1.77. The molecule has 4 heteroatoms. The molecule has 0 aromatic heterocycles. The summed E-state index contributed by atoms with van der Waals surface area (Å²) < 4.78 is 5.71. The van der Waals surface area contributed by atoms with Crippen LogP contribution in [0.15, 0.2) is 23.4 Å². The molecule has 1 aromatic rings. The Bertz CT molecular complexity index is 453. The molecule has 19 heavy (non-hydrogen) atoms. The molecular weight excluding hydrogens is 240 g/mol. The molecule has 0 spiro atoms. The summed E-state index contributed by atoms with van der Waals surface area (Å²) in [6.07, 6.45) is 1.67. The molecule has 0 saturated heterocycles. The Morgan fingerprint density at radius 2 is 2.00 bits per heavy atom. The van der Waals surface area contributed by atoms with Crippen LogP contribution < -0.4 is 10.5 Å². The Balaban J connectivity index is 2.41. The molecule has 0 aliphatic carbocycles. The fraction of sp³-hybridized carbons (Fsp3) is 0.533. The van der Waals surface area contributed by atoms with Gasteiger partial charge in [0.1, 0.15) is 11.6 Å². The molecule has 0 bridgehead atoms. The van der Waals surface area contributed by atoms with Crippen molar-refractivity contribution in [2.75, 3.05) is 6.61 Å². The van der Waals surface area contributed by atoms with Crippen LogP contribution in [0, 0.1) is 19.3 Å². The maximum Gasteiger partial charge on any atom is 0.144 e. The van der Waals surface area contributed by atoms with Crippen molar-refractivity contribution in [3.63, 3.8) is 0 Å². The number of rotatable bonds is 6. The molecule has 0 saturated carbocycles. The van der Waals surface area contributed by atoms with Crippen LogP contribution in [0.3, 0.4) is 0 Å². The zero-order valence-electron chi connectivity index (χ0n) is 12.2. The lowest BCUT2D eigenvalue weighted by Crippen LogP contribution is -2.32. The van der Waals surface area contributed by atoms with Crippen LogP contribution in [-0.4, -0.2) is 17.6 Å². The monoisotopic (exact) mass is 264 g/mol. The third-order valence-electron chi connectivity index (χ3n) is 3.49. The average Bonchev–Trinajstić information content (AvgIpc) is 2.37. The lowest BCUT2D eigenvalue weighted by molar-refractivity contribution is 0.277. The van der Waals surface area contributed by atoms with Crippen molar-refractivity contribution < 1.29 is 9.94 Å². The fourth-order valence-corrected chi connectivity index (χ4v) is 1.77. The molecule has 0 radical (unpaired) electrons. The van der Waals surface area contributed by atoms with Gasteiger partial charge < -0.3 is 15.7 Å². The van der Waals surface area contributed by atoms with Crippen LogP contribution in [0.2, 0.25) is 0 Å². The number of nitrogens with two attached hydrogens (primary N) is 1. The normalized spacial score (nSPS) is 12.5. The average molecular weight is 264 g/mol. The summed E-state index contributed by atoms with van der Waals surface area (Å²) in [7, 11) is 0. The molecule has 3 N–H and O–H groups in total. The van der Waals surface area contributed by atoms with E-state index in [0.717, 1.165) is 18.6 Å². The Morgan fingerprint density at radius 1 is 1.32 bits per heavy atom. The predicted molar refractivity (Wildman–Crippen MR) is 77.8 cm³/mol. The molecule has 106 valence electrons. The van der Waals surface area contributed by atoms with Gasteiger partial charge in [0.05, 0.1) is 6.61 Å². The summed E-state index contributed by atoms with van der Waals surface area (Å²) in [4.78, 5) is 0. The van der Waals surface area contributed by atoms with Crippen molar-refractivity contribution in [3.05, 3.63) is 29.3 Å². The maximum atomic E-state index is 8.69. The van der Waals surface area contributed by atoms with E-state index in [-0.39, 0.29) is 11.3 Å². The van der Waals surface area contributed by atoms with Crippen molar-refractivity contribution in [2.45, 2.75) is 40.5 Å². The zero-order valence-corrected chi connectivity index (χ0v) is 12.2. The summed E-state index contributed by atoms with van der Waals surface area (Å²) in [6, 6.07) is 6.09. The molecular formula is C15H24N2O2. The summed E-state index contributed by atoms with van der Waals surface area (Å²) in [5.74, 6) is 1.16. The van der Waals surface area contributed by atoms with E-state index in [1.54, 1.807) is 0 Å². The van der Waals surface area contributed by atoms with E-state index >= 15 is 0 Å². The standard InChI is InChI=1S/C15H24N2O2/c1-11-6-7-13(10-12(11)2)19-9-5-8-15(3,4)14(16)17-18/h6-7,10,18H,5,8-9H2,1-4H3,(H2,16,17). The van der Waals surface area contributed by atoms with Gasteiger partial charge in [0.25, 0.3) is 0 Å². The van der Waals surface area contributed by atoms with Gasteiger partial charge in [-0.15, -0.1) is 0 Å². The first kappa shape index (κ1) is 15.3. The lowest BCUT2D eigenvalue weighted by Gasteiger charge is -2.22. The number of hydrogen-bond acceptors (Lipinski definition) is 3. The minimum absolute atomic E-state index is 0.263. The van der Waals surface area contributed by atoms with Gasteiger partial charge in [0.15, 0.2) is 0 Å². The minimum Gasteiger partial charge on any atom is -0.494 e. The Hall–Kier alpha value is -1.71. The third kappa shape index (κ3) is 4.47. The summed E-state index contributed by atoms with van der Waals surface area (Å²) in [5, 5.41) is 11.8. The van der Waals surface area contributed by atoms with E-state index in [2.05, 4.69) is 25.1 Å². The molecule has 0 unspecified atom stereocenters. The summed E-state index contributed by atoms with van der Waals surface area (Å²) in [6.45, 7) is 8.70. The maximum absolute atomic E-state index is 8.69. The number of ether oxygens (including phenoxy) is 1. The first-order valence-electron chi connectivity index (χ1n) is 6.55. The highest BCUT2D eigenvalue weighted by Gasteiger charge is 2.22. The number of oxime groups is 1. The lowest BCUT2D eigenvalue weighted by atomic mass is 9.87. The number of amidine groups is 1. The minimum atomic E-state index is -0.304. The van der Waals surface area contributed by atoms with Gasteiger partial charge in [-0.1, -0.05) is 25.1 Å². The number of aryl methyl sites for hydroxylation is 2. The van der Waals surface area contributed by atoms with Gasteiger partial charge in [-0.2, -0.15) is 0 Å². The molecule has 0 amide bonds. The molecule has 1 aromatic carbocycles. The highest BCUT2D eigenvalue weighted by molar-refractivity contribution is 5.85. The van der Waals surface area contributed by atoms with E-state index in [4.69, 9.17) is 15.7 Å². The molecule has 0 atom stereocenters. The second-order valence-electron chi connectivity index (χ2n) is 5.57. The van der Waals surface area contributed by atoms with Crippen LogP contribution in [0.25, 0.3) is 0 Å². The molecule has 0 heterocycles. The van der Waals surface area contributed by atoms with Crippen LogP contribution >= 0.6 is 0 Å². The number of hydrogen-bond donors (Lipinski definition) is 2. The quantitative estimate of drug-likeness (QED) is 0.272. The largest absolute Gasteiger partial charge is 0.494 e. The zero-order chi connectivity index (χ0) is 14.5. The SMILES string of the molecule is Cc1ccc(OCCCC(C)(C)C(N)=NO)cc1C. The Morgan fingerprint density at radius 3 is 2.58 bits per heavy atom. The van der Waals surface area contributed by atoms with E-state index in [1.165, 1.54) is 11.1 Å². The molecule has 0 aliphatic rings. The third-order valence-corrected chi connectivity index (χ3v) is 3.49. The molecule has 0 fully saturated rings. The van der Waals surface area contributed by atoms with Crippen molar-refractivity contribution in [1.29, 1.82) is 0 Å². The van der Waals surface area contributed by atoms with Crippen LogP contribution in [0.1, 0.15) is 37.8 Å². The second-order valence-corrected chi connectivity index (χ2v) is 5.57. The van der Waals surface area contributed by atoms with Crippen molar-refractivity contribution >= 4 is 5.84 Å². The van der Waals surface area contributed by atoms with Gasteiger partial charge in [0.2, 0.25) is 0 Å². The summed E-state index contributed by atoms with van der Waals surface area (Å²) >= 11 is 0. The number of nitrogens with zero attached hydrogens (tertiary/aromatic N) is 1. The van der Waals surface area contributed by atoms with Gasteiger partial charge in [0, 0.05) is 5.41 Å². The van der Waals surface area contributed by atoms with E-state index < -0.39 is 0 Å². The van der Waals surface area contributed by atoms with Gasteiger partial charge in [-0.3, -0.25) is 0 Å². The highest BCUT2D eigenvalue weighted by Crippen LogP contribution is 2.23. The van der Waals surface area contributed by atoms with Gasteiger partial charge in [-0.25, -0.2) is 0 Å². The molecule has 0 aliphatic heterocycles. The van der Waals surface area contributed by atoms with Gasteiger partial charge >= 0.3 is 0 Å². The van der Waals surface area contributed by atoms with Crippen LogP contribution in [-0.2, 0) is 0 Å². The molecule has 4 nitrogen and oxygen atoms in total.